The summed E-state index contributed by atoms with van der Waals surface area (Å²) >= 11 is 0. The van der Waals surface area contributed by atoms with Gasteiger partial charge < -0.3 is 10.1 Å². The van der Waals surface area contributed by atoms with Crippen molar-refractivity contribution >= 4 is 0 Å². The first-order chi connectivity index (χ1) is 10.5. The van der Waals surface area contributed by atoms with Crippen molar-refractivity contribution in [3.8, 4) is 5.75 Å². The molecule has 0 spiro atoms. The molecular formula is C20H31NO. The maximum atomic E-state index is 5.51. The molecule has 22 heavy (non-hydrogen) atoms. The van der Waals surface area contributed by atoms with Crippen LogP contribution in [-0.4, -0.2) is 19.2 Å². The zero-order chi connectivity index (χ0) is 15.7. The van der Waals surface area contributed by atoms with E-state index in [2.05, 4.69) is 44.3 Å². The second kappa shape index (κ2) is 6.23. The molecule has 1 aromatic rings. The summed E-state index contributed by atoms with van der Waals surface area (Å²) in [4.78, 5) is 0. The number of hydrogen-bond donors (Lipinski definition) is 1. The molecule has 2 heteroatoms. The molecular weight excluding hydrogens is 270 g/mol. The van der Waals surface area contributed by atoms with Crippen LogP contribution in [0, 0.1) is 5.92 Å². The first-order valence-electron chi connectivity index (χ1n) is 8.98. The van der Waals surface area contributed by atoms with Gasteiger partial charge in [0.15, 0.2) is 0 Å². The molecule has 0 radical (unpaired) electrons. The average molecular weight is 301 g/mol. The summed E-state index contributed by atoms with van der Waals surface area (Å²) in [6, 6.07) is 7.89. The molecule has 0 aromatic heterocycles. The smallest absolute Gasteiger partial charge is 0.119 e. The Morgan fingerprint density at radius 3 is 2.77 bits per heavy atom. The number of ether oxygens (including phenoxy) is 1. The normalized spacial score (nSPS) is 31.3. The van der Waals surface area contributed by atoms with E-state index in [1.165, 1.54) is 44.1 Å². The minimum absolute atomic E-state index is 0.234. The molecule has 1 saturated carbocycles. The number of methoxy groups -OCH3 is 1. The van der Waals surface area contributed by atoms with Crippen LogP contribution in [0.1, 0.15) is 64.0 Å². The number of rotatable bonds is 3. The predicted octanol–water partition coefficient (Wildman–Crippen LogP) is 4.46. The van der Waals surface area contributed by atoms with Gasteiger partial charge in [-0.2, -0.15) is 0 Å². The zero-order valence-electron chi connectivity index (χ0n) is 14.6. The standard InChI is InChI=1S/C20H31NO/c1-14(2)21-19-16-8-6-5-7-11-20(19,3)18-13-17(22-4)10-9-15(18)12-16/h9-10,13-14,16,19,21H,5-8,11-12H2,1-4H3/t16-,19-,20+/m0/s1. The third kappa shape index (κ3) is 2.78. The third-order valence-electron chi connectivity index (χ3n) is 5.86. The maximum Gasteiger partial charge on any atom is 0.119 e. The van der Waals surface area contributed by atoms with E-state index in [0.29, 0.717) is 12.1 Å². The second-order valence-corrected chi connectivity index (χ2v) is 7.80. The van der Waals surface area contributed by atoms with Crippen LogP contribution in [0.4, 0.5) is 0 Å². The Labute approximate surface area is 135 Å². The number of benzene rings is 1. The highest BCUT2D eigenvalue weighted by molar-refractivity contribution is 5.44. The van der Waals surface area contributed by atoms with Crippen LogP contribution in [0.2, 0.25) is 0 Å². The number of fused-ring (bicyclic) bond motifs is 4. The molecule has 1 aromatic carbocycles. The minimum atomic E-state index is 0.234. The van der Waals surface area contributed by atoms with E-state index < -0.39 is 0 Å². The molecule has 0 aliphatic heterocycles. The van der Waals surface area contributed by atoms with Crippen molar-refractivity contribution in [1.82, 2.24) is 5.32 Å². The van der Waals surface area contributed by atoms with Crippen molar-refractivity contribution in [3.05, 3.63) is 29.3 Å². The molecule has 0 unspecified atom stereocenters. The van der Waals surface area contributed by atoms with Crippen molar-refractivity contribution in [2.75, 3.05) is 7.11 Å². The number of nitrogens with one attached hydrogen (secondary N) is 1. The van der Waals surface area contributed by atoms with Gasteiger partial charge >= 0.3 is 0 Å². The average Bonchev–Trinajstić information content (AvgIpc) is 2.49. The molecule has 2 aliphatic carbocycles. The largest absolute Gasteiger partial charge is 0.497 e. The van der Waals surface area contributed by atoms with Crippen LogP contribution in [-0.2, 0) is 11.8 Å². The second-order valence-electron chi connectivity index (χ2n) is 7.80. The van der Waals surface area contributed by atoms with E-state index in [9.17, 15) is 0 Å². The van der Waals surface area contributed by atoms with Crippen LogP contribution in [0.5, 0.6) is 5.75 Å². The van der Waals surface area contributed by atoms with Crippen LogP contribution in [0.15, 0.2) is 18.2 Å². The van der Waals surface area contributed by atoms with E-state index >= 15 is 0 Å². The molecule has 2 nitrogen and oxygen atoms in total. The predicted molar refractivity (Wildman–Crippen MR) is 92.7 cm³/mol. The molecule has 1 fully saturated rings. The third-order valence-corrected chi connectivity index (χ3v) is 5.86. The molecule has 3 atom stereocenters. The highest BCUT2D eigenvalue weighted by Gasteiger charge is 2.45. The molecule has 1 N–H and O–H groups in total. The van der Waals surface area contributed by atoms with E-state index in [1.54, 1.807) is 12.7 Å². The van der Waals surface area contributed by atoms with E-state index in [1.807, 2.05) is 0 Å². The van der Waals surface area contributed by atoms with Crippen molar-refractivity contribution in [1.29, 1.82) is 0 Å². The zero-order valence-corrected chi connectivity index (χ0v) is 14.6. The topological polar surface area (TPSA) is 21.3 Å². The Kier molecular flexibility index (Phi) is 4.49. The van der Waals surface area contributed by atoms with Crippen molar-refractivity contribution in [2.24, 2.45) is 5.92 Å². The fourth-order valence-electron chi connectivity index (χ4n) is 4.79. The summed E-state index contributed by atoms with van der Waals surface area (Å²) < 4.78 is 5.51. The lowest BCUT2D eigenvalue weighted by atomic mass is 9.59. The highest BCUT2D eigenvalue weighted by atomic mass is 16.5. The van der Waals surface area contributed by atoms with Gasteiger partial charge in [-0.1, -0.05) is 46.1 Å². The summed E-state index contributed by atoms with van der Waals surface area (Å²) in [6.07, 6.45) is 8.00. The summed E-state index contributed by atoms with van der Waals surface area (Å²) in [5.41, 5.74) is 3.32. The van der Waals surface area contributed by atoms with Gasteiger partial charge in [0, 0.05) is 17.5 Å². The molecule has 2 bridgehead atoms. The fraction of sp³-hybridized carbons (Fsp3) is 0.700. The van der Waals surface area contributed by atoms with E-state index in [4.69, 9.17) is 4.74 Å². The Bertz CT molecular complexity index is 524. The summed E-state index contributed by atoms with van der Waals surface area (Å²) in [6.45, 7) is 7.05. The number of hydrogen-bond acceptors (Lipinski definition) is 2. The monoisotopic (exact) mass is 301 g/mol. The quantitative estimate of drug-likeness (QED) is 0.890. The first kappa shape index (κ1) is 15.9. The van der Waals surface area contributed by atoms with E-state index in [-0.39, 0.29) is 5.41 Å². The van der Waals surface area contributed by atoms with Crippen LogP contribution >= 0.6 is 0 Å². The molecule has 122 valence electrons. The Hall–Kier alpha value is -1.02. The lowest BCUT2D eigenvalue weighted by Gasteiger charge is -2.50. The molecule has 2 aliphatic rings. The highest BCUT2D eigenvalue weighted by Crippen LogP contribution is 2.47. The first-order valence-corrected chi connectivity index (χ1v) is 8.98. The van der Waals surface area contributed by atoms with Crippen LogP contribution in [0.3, 0.4) is 0 Å². The summed E-state index contributed by atoms with van der Waals surface area (Å²) in [7, 11) is 1.78. The van der Waals surface area contributed by atoms with Gasteiger partial charge in [-0.05, 0) is 48.4 Å². The van der Waals surface area contributed by atoms with Gasteiger partial charge in [0.25, 0.3) is 0 Å². The van der Waals surface area contributed by atoms with Crippen molar-refractivity contribution in [2.45, 2.75) is 76.8 Å². The fourth-order valence-corrected chi connectivity index (χ4v) is 4.79. The molecule has 0 amide bonds. The van der Waals surface area contributed by atoms with Crippen LogP contribution in [0.25, 0.3) is 0 Å². The Morgan fingerprint density at radius 2 is 2.05 bits per heavy atom. The SMILES string of the molecule is COc1ccc2c(c1)[C@@]1(C)CCCCC[C@@H](C2)[C@@H]1NC(C)C. The molecule has 0 heterocycles. The van der Waals surface area contributed by atoms with Gasteiger partial charge in [0.2, 0.25) is 0 Å². The molecule has 3 rings (SSSR count). The lowest BCUT2D eigenvalue weighted by molar-refractivity contribution is 0.158. The molecule has 0 saturated heterocycles. The Balaban J connectivity index is 2.07. The van der Waals surface area contributed by atoms with Gasteiger partial charge in [-0.3, -0.25) is 0 Å². The summed E-state index contributed by atoms with van der Waals surface area (Å²) in [5.74, 6) is 1.78. The van der Waals surface area contributed by atoms with Crippen molar-refractivity contribution in [3.63, 3.8) is 0 Å². The van der Waals surface area contributed by atoms with Crippen LogP contribution < -0.4 is 10.1 Å². The van der Waals surface area contributed by atoms with Gasteiger partial charge in [0.1, 0.15) is 5.75 Å². The lowest BCUT2D eigenvalue weighted by Crippen LogP contribution is -2.57. The maximum absolute atomic E-state index is 5.51. The van der Waals surface area contributed by atoms with Gasteiger partial charge in [-0.15, -0.1) is 0 Å². The van der Waals surface area contributed by atoms with E-state index in [0.717, 1.165) is 11.7 Å². The Morgan fingerprint density at radius 1 is 1.23 bits per heavy atom. The summed E-state index contributed by atoms with van der Waals surface area (Å²) in [5, 5.41) is 3.93. The van der Waals surface area contributed by atoms with Gasteiger partial charge in [0.05, 0.1) is 7.11 Å². The minimum Gasteiger partial charge on any atom is -0.497 e. The van der Waals surface area contributed by atoms with Crippen molar-refractivity contribution < 1.29 is 4.74 Å². The van der Waals surface area contributed by atoms with Gasteiger partial charge in [-0.25, -0.2) is 0 Å².